The third kappa shape index (κ3) is 6.72. The standard InChI is InChI=1S/C6H10O.C4H10O2/c7-5-6-3-1-2-4-6;1-4(5-2)6-3/h5-6H,1-4H2;4H,1-3H3. The van der Waals surface area contributed by atoms with Crippen molar-refractivity contribution in [2.75, 3.05) is 14.2 Å². The van der Waals surface area contributed by atoms with Crippen molar-refractivity contribution in [2.45, 2.75) is 38.9 Å². The molecule has 3 nitrogen and oxygen atoms in total. The Labute approximate surface area is 80.4 Å². The van der Waals surface area contributed by atoms with Crippen LogP contribution in [0.4, 0.5) is 0 Å². The first-order valence-corrected chi connectivity index (χ1v) is 4.75. The van der Waals surface area contributed by atoms with Gasteiger partial charge in [-0.3, -0.25) is 0 Å². The second-order valence-electron chi connectivity index (χ2n) is 3.22. The van der Waals surface area contributed by atoms with Crippen LogP contribution in [0, 0.1) is 5.92 Å². The van der Waals surface area contributed by atoms with E-state index in [1.165, 1.54) is 12.8 Å². The molecule has 0 aromatic rings. The number of rotatable bonds is 3. The summed E-state index contributed by atoms with van der Waals surface area (Å²) in [6.07, 6.45) is 5.84. The number of carbonyl (C=O) groups is 1. The molecule has 1 aliphatic carbocycles. The van der Waals surface area contributed by atoms with E-state index in [0.717, 1.165) is 19.1 Å². The van der Waals surface area contributed by atoms with Crippen LogP contribution in [0.15, 0.2) is 0 Å². The van der Waals surface area contributed by atoms with Gasteiger partial charge in [-0.15, -0.1) is 0 Å². The molecule has 78 valence electrons. The first-order chi connectivity index (χ1) is 6.24. The fourth-order valence-corrected chi connectivity index (χ4v) is 1.19. The van der Waals surface area contributed by atoms with Crippen molar-refractivity contribution in [3.8, 4) is 0 Å². The van der Waals surface area contributed by atoms with Gasteiger partial charge in [-0.05, 0) is 19.8 Å². The van der Waals surface area contributed by atoms with E-state index in [4.69, 9.17) is 0 Å². The lowest BCUT2D eigenvalue weighted by atomic mass is 10.1. The number of methoxy groups -OCH3 is 2. The van der Waals surface area contributed by atoms with Crippen LogP contribution in [0.2, 0.25) is 0 Å². The number of carbonyl (C=O) groups excluding carboxylic acids is 1. The minimum atomic E-state index is -0.0648. The van der Waals surface area contributed by atoms with Crippen molar-refractivity contribution in [3.63, 3.8) is 0 Å². The molecule has 0 radical (unpaired) electrons. The molecule has 13 heavy (non-hydrogen) atoms. The molecule has 0 aromatic carbocycles. The van der Waals surface area contributed by atoms with Crippen LogP contribution in [0.1, 0.15) is 32.6 Å². The van der Waals surface area contributed by atoms with Gasteiger partial charge in [-0.2, -0.15) is 0 Å². The Balaban J connectivity index is 0.000000226. The van der Waals surface area contributed by atoms with E-state index in [-0.39, 0.29) is 6.29 Å². The average Bonchev–Trinajstić information content (AvgIpc) is 2.70. The van der Waals surface area contributed by atoms with Crippen LogP contribution in [-0.2, 0) is 14.3 Å². The highest BCUT2D eigenvalue weighted by Crippen LogP contribution is 2.21. The molecule has 0 unspecified atom stereocenters. The summed E-state index contributed by atoms with van der Waals surface area (Å²) in [4.78, 5) is 10.0. The molecule has 0 heterocycles. The molecule has 0 N–H and O–H groups in total. The largest absolute Gasteiger partial charge is 0.356 e. The number of hydrogen-bond donors (Lipinski definition) is 0. The summed E-state index contributed by atoms with van der Waals surface area (Å²) >= 11 is 0. The third-order valence-corrected chi connectivity index (χ3v) is 2.26. The lowest BCUT2D eigenvalue weighted by Gasteiger charge is -2.03. The predicted octanol–water partition coefficient (Wildman–Crippen LogP) is 2.00. The maximum absolute atomic E-state index is 10.0. The van der Waals surface area contributed by atoms with Crippen LogP contribution in [0.3, 0.4) is 0 Å². The van der Waals surface area contributed by atoms with Crippen molar-refractivity contribution in [1.82, 2.24) is 0 Å². The Morgan fingerprint density at radius 2 is 1.69 bits per heavy atom. The van der Waals surface area contributed by atoms with Crippen LogP contribution in [0.25, 0.3) is 0 Å². The number of hydrogen-bond acceptors (Lipinski definition) is 3. The van der Waals surface area contributed by atoms with E-state index < -0.39 is 0 Å². The predicted molar refractivity (Wildman–Crippen MR) is 51.5 cm³/mol. The second kappa shape index (κ2) is 8.20. The summed E-state index contributed by atoms with van der Waals surface area (Å²) in [5, 5.41) is 0. The molecule has 0 aliphatic heterocycles. The Hall–Kier alpha value is -0.410. The Morgan fingerprint density at radius 3 is 1.85 bits per heavy atom. The van der Waals surface area contributed by atoms with Gasteiger partial charge >= 0.3 is 0 Å². The fourth-order valence-electron chi connectivity index (χ4n) is 1.19. The minimum Gasteiger partial charge on any atom is -0.356 e. The van der Waals surface area contributed by atoms with Gasteiger partial charge in [0.05, 0.1) is 0 Å². The van der Waals surface area contributed by atoms with Gasteiger partial charge in [-0.25, -0.2) is 0 Å². The summed E-state index contributed by atoms with van der Waals surface area (Å²) in [6.45, 7) is 1.83. The minimum absolute atomic E-state index is 0.0648. The molecule has 1 saturated carbocycles. The highest BCUT2D eigenvalue weighted by Gasteiger charge is 2.12. The van der Waals surface area contributed by atoms with Crippen LogP contribution < -0.4 is 0 Å². The lowest BCUT2D eigenvalue weighted by Crippen LogP contribution is -2.05. The highest BCUT2D eigenvalue weighted by atomic mass is 16.7. The van der Waals surface area contributed by atoms with Crippen LogP contribution >= 0.6 is 0 Å². The molecule has 3 heteroatoms. The molecule has 1 rings (SSSR count). The monoisotopic (exact) mass is 188 g/mol. The zero-order valence-corrected chi connectivity index (χ0v) is 8.79. The maximum Gasteiger partial charge on any atom is 0.154 e. The molecule has 1 fully saturated rings. The van der Waals surface area contributed by atoms with Gasteiger partial charge in [-0.1, -0.05) is 12.8 Å². The molecule has 0 aromatic heterocycles. The van der Waals surface area contributed by atoms with Crippen LogP contribution in [-0.4, -0.2) is 26.8 Å². The lowest BCUT2D eigenvalue weighted by molar-refractivity contribution is -0.110. The van der Waals surface area contributed by atoms with Crippen molar-refractivity contribution in [2.24, 2.45) is 5.92 Å². The van der Waals surface area contributed by atoms with Crippen molar-refractivity contribution in [3.05, 3.63) is 0 Å². The first kappa shape index (κ1) is 12.6. The normalized spacial score (nSPS) is 16.9. The van der Waals surface area contributed by atoms with Crippen molar-refractivity contribution in [1.29, 1.82) is 0 Å². The van der Waals surface area contributed by atoms with E-state index in [2.05, 4.69) is 9.47 Å². The quantitative estimate of drug-likeness (QED) is 0.502. The average molecular weight is 188 g/mol. The smallest absolute Gasteiger partial charge is 0.154 e. The molecule has 0 bridgehead atoms. The first-order valence-electron chi connectivity index (χ1n) is 4.75. The van der Waals surface area contributed by atoms with Gasteiger partial charge in [0.25, 0.3) is 0 Å². The fraction of sp³-hybridized carbons (Fsp3) is 0.900. The van der Waals surface area contributed by atoms with Gasteiger partial charge in [0.2, 0.25) is 0 Å². The Bertz CT molecular complexity index is 115. The zero-order chi connectivity index (χ0) is 10.1. The summed E-state index contributed by atoms with van der Waals surface area (Å²) < 4.78 is 9.35. The van der Waals surface area contributed by atoms with Gasteiger partial charge in [0.1, 0.15) is 6.29 Å². The Kier molecular flexibility index (Phi) is 7.94. The summed E-state index contributed by atoms with van der Waals surface area (Å²) in [6, 6.07) is 0. The van der Waals surface area contributed by atoms with Crippen molar-refractivity contribution < 1.29 is 14.3 Å². The number of aldehydes is 1. The molecular formula is C10H20O3. The Morgan fingerprint density at radius 1 is 1.23 bits per heavy atom. The van der Waals surface area contributed by atoms with Gasteiger partial charge in [0, 0.05) is 20.1 Å². The maximum atomic E-state index is 10.0. The molecule has 1 aliphatic rings. The van der Waals surface area contributed by atoms with Crippen LogP contribution in [0.5, 0.6) is 0 Å². The molecule has 0 amide bonds. The van der Waals surface area contributed by atoms with Gasteiger partial charge in [0.15, 0.2) is 6.29 Å². The zero-order valence-electron chi connectivity index (χ0n) is 8.79. The second-order valence-corrected chi connectivity index (χ2v) is 3.22. The van der Waals surface area contributed by atoms with E-state index in [1.807, 2.05) is 6.92 Å². The molecule has 0 spiro atoms. The van der Waals surface area contributed by atoms with Gasteiger partial charge < -0.3 is 14.3 Å². The van der Waals surface area contributed by atoms with E-state index in [0.29, 0.717) is 5.92 Å². The summed E-state index contributed by atoms with van der Waals surface area (Å²) in [5.74, 6) is 0.417. The molecule has 0 saturated heterocycles. The van der Waals surface area contributed by atoms with E-state index in [1.54, 1.807) is 14.2 Å². The molecule has 0 atom stereocenters. The third-order valence-electron chi connectivity index (χ3n) is 2.26. The van der Waals surface area contributed by atoms with E-state index in [9.17, 15) is 4.79 Å². The topological polar surface area (TPSA) is 35.5 Å². The van der Waals surface area contributed by atoms with E-state index >= 15 is 0 Å². The number of ether oxygens (including phenoxy) is 2. The summed E-state index contributed by atoms with van der Waals surface area (Å²) in [7, 11) is 3.21. The molecular weight excluding hydrogens is 168 g/mol. The summed E-state index contributed by atoms with van der Waals surface area (Å²) in [5.41, 5.74) is 0. The SMILES string of the molecule is COC(C)OC.O=CC1CCCC1. The highest BCUT2D eigenvalue weighted by molar-refractivity contribution is 5.53. The van der Waals surface area contributed by atoms with Crippen molar-refractivity contribution >= 4 is 6.29 Å².